The molecule has 0 spiro atoms. The van der Waals surface area contributed by atoms with Gasteiger partial charge in [-0.2, -0.15) is 0 Å². The highest BCUT2D eigenvalue weighted by Gasteiger charge is 2.33. The van der Waals surface area contributed by atoms with Crippen molar-refractivity contribution in [3.05, 3.63) is 40.1 Å². The molecule has 19 heavy (non-hydrogen) atoms. The van der Waals surface area contributed by atoms with Crippen LogP contribution in [0.2, 0.25) is 5.02 Å². The quantitative estimate of drug-likeness (QED) is 0.834. The Bertz CT molecular complexity index is 582. The van der Waals surface area contributed by atoms with E-state index in [1.54, 1.807) is 7.11 Å². The number of hydrogen-bond donors (Lipinski definition) is 0. The number of halogens is 1. The summed E-state index contributed by atoms with van der Waals surface area (Å²) in [6, 6.07) is 5.86. The first-order valence-corrected chi connectivity index (χ1v) is 6.83. The lowest BCUT2D eigenvalue weighted by Gasteiger charge is -2.07. The average molecular weight is 278 g/mol. The molecule has 1 fully saturated rings. The van der Waals surface area contributed by atoms with Gasteiger partial charge in [0.25, 0.3) is 0 Å². The van der Waals surface area contributed by atoms with E-state index in [0.29, 0.717) is 17.5 Å². The third-order valence-electron chi connectivity index (χ3n) is 3.51. The summed E-state index contributed by atoms with van der Waals surface area (Å²) in [7, 11) is 1.69. The van der Waals surface area contributed by atoms with E-state index in [1.165, 1.54) is 12.8 Å². The lowest BCUT2D eigenvalue weighted by atomic mass is 10.0. The lowest BCUT2D eigenvalue weighted by Crippen LogP contribution is -1.95. The molecule has 1 aromatic carbocycles. The molecule has 100 valence electrons. The zero-order valence-electron chi connectivity index (χ0n) is 11.1. The molecule has 1 saturated carbocycles. The number of rotatable bonds is 4. The Morgan fingerprint density at radius 2 is 2.21 bits per heavy atom. The van der Waals surface area contributed by atoms with Crippen molar-refractivity contribution in [1.29, 1.82) is 0 Å². The van der Waals surface area contributed by atoms with Crippen molar-refractivity contribution in [3.8, 4) is 11.3 Å². The molecule has 4 heteroatoms. The third kappa shape index (κ3) is 2.28. The zero-order valence-corrected chi connectivity index (χ0v) is 11.8. The SMILES string of the molecule is COCc1c(-c2c(C)cccc2Cl)noc1C1CC1. The number of ether oxygens (including phenoxy) is 1. The van der Waals surface area contributed by atoms with Crippen LogP contribution < -0.4 is 0 Å². The summed E-state index contributed by atoms with van der Waals surface area (Å²) in [6.45, 7) is 2.54. The highest BCUT2D eigenvalue weighted by Crippen LogP contribution is 2.45. The second kappa shape index (κ2) is 4.99. The molecule has 3 nitrogen and oxygen atoms in total. The number of aromatic nitrogens is 1. The van der Waals surface area contributed by atoms with Crippen LogP contribution in [0, 0.1) is 6.92 Å². The molecule has 0 radical (unpaired) electrons. The van der Waals surface area contributed by atoms with Crippen molar-refractivity contribution >= 4 is 11.6 Å². The smallest absolute Gasteiger partial charge is 0.145 e. The van der Waals surface area contributed by atoms with E-state index in [1.807, 2.05) is 25.1 Å². The minimum atomic E-state index is 0.509. The summed E-state index contributed by atoms with van der Waals surface area (Å²) in [6.07, 6.45) is 2.35. The van der Waals surface area contributed by atoms with Gasteiger partial charge in [-0.3, -0.25) is 0 Å². The van der Waals surface area contributed by atoms with Gasteiger partial charge >= 0.3 is 0 Å². The molecule has 1 aliphatic rings. The molecule has 0 N–H and O–H groups in total. The Labute approximate surface area is 117 Å². The van der Waals surface area contributed by atoms with Gasteiger partial charge in [-0.25, -0.2) is 0 Å². The first-order chi connectivity index (χ1) is 9.22. The van der Waals surface area contributed by atoms with Gasteiger partial charge < -0.3 is 9.26 Å². The van der Waals surface area contributed by atoms with Gasteiger partial charge in [0.1, 0.15) is 11.5 Å². The maximum atomic E-state index is 6.32. The third-order valence-corrected chi connectivity index (χ3v) is 3.83. The molecule has 1 heterocycles. The van der Waals surface area contributed by atoms with Gasteiger partial charge in [-0.15, -0.1) is 0 Å². The predicted molar refractivity (Wildman–Crippen MR) is 74.4 cm³/mol. The van der Waals surface area contributed by atoms with E-state index in [9.17, 15) is 0 Å². The van der Waals surface area contributed by atoms with Crippen LogP contribution in [-0.4, -0.2) is 12.3 Å². The van der Waals surface area contributed by atoms with E-state index in [0.717, 1.165) is 28.1 Å². The molecule has 0 bridgehead atoms. The van der Waals surface area contributed by atoms with Gasteiger partial charge in [-0.05, 0) is 31.4 Å². The van der Waals surface area contributed by atoms with Crippen LogP contribution in [0.4, 0.5) is 0 Å². The number of hydrogen-bond acceptors (Lipinski definition) is 3. The molecule has 0 unspecified atom stereocenters. The molecule has 1 aromatic heterocycles. The van der Waals surface area contributed by atoms with Crippen molar-refractivity contribution in [2.75, 3.05) is 7.11 Å². The lowest BCUT2D eigenvalue weighted by molar-refractivity contribution is 0.183. The number of methoxy groups -OCH3 is 1. The topological polar surface area (TPSA) is 35.3 Å². The van der Waals surface area contributed by atoms with Gasteiger partial charge in [0.05, 0.1) is 11.6 Å². The summed E-state index contributed by atoms with van der Waals surface area (Å²) < 4.78 is 10.9. The zero-order chi connectivity index (χ0) is 13.4. The Morgan fingerprint density at radius 3 is 2.84 bits per heavy atom. The highest BCUT2D eigenvalue weighted by atomic mass is 35.5. The van der Waals surface area contributed by atoms with Gasteiger partial charge in [0.15, 0.2) is 0 Å². The normalized spacial score (nSPS) is 14.9. The van der Waals surface area contributed by atoms with Crippen molar-refractivity contribution in [2.24, 2.45) is 0 Å². The molecular weight excluding hydrogens is 262 g/mol. The molecule has 1 aliphatic carbocycles. The van der Waals surface area contributed by atoms with Crippen LogP contribution in [0.15, 0.2) is 22.7 Å². The Kier molecular flexibility index (Phi) is 3.33. The molecular formula is C15H16ClNO2. The van der Waals surface area contributed by atoms with E-state index >= 15 is 0 Å². The van der Waals surface area contributed by atoms with E-state index in [-0.39, 0.29) is 0 Å². The van der Waals surface area contributed by atoms with Crippen molar-refractivity contribution in [3.63, 3.8) is 0 Å². The first kappa shape index (κ1) is 12.7. The highest BCUT2D eigenvalue weighted by molar-refractivity contribution is 6.33. The fourth-order valence-corrected chi connectivity index (χ4v) is 2.71. The van der Waals surface area contributed by atoms with Gasteiger partial charge in [0.2, 0.25) is 0 Å². The number of aryl methyl sites for hydroxylation is 1. The maximum Gasteiger partial charge on any atom is 0.145 e. The Balaban J connectivity index is 2.14. The second-order valence-electron chi connectivity index (χ2n) is 5.01. The molecule has 0 amide bonds. The minimum absolute atomic E-state index is 0.509. The number of nitrogens with zero attached hydrogens (tertiary/aromatic N) is 1. The van der Waals surface area contributed by atoms with Gasteiger partial charge in [0, 0.05) is 24.2 Å². The Morgan fingerprint density at radius 1 is 1.42 bits per heavy atom. The summed E-state index contributed by atoms with van der Waals surface area (Å²) >= 11 is 6.32. The molecule has 3 rings (SSSR count). The standard InChI is InChI=1S/C15H16ClNO2/c1-9-4-3-5-12(16)13(9)14-11(8-18-2)15(19-17-14)10-6-7-10/h3-5,10H,6-8H2,1-2H3. The molecule has 2 aromatic rings. The van der Waals surface area contributed by atoms with Crippen LogP contribution >= 0.6 is 11.6 Å². The summed E-state index contributed by atoms with van der Waals surface area (Å²) in [5.41, 5.74) is 3.92. The molecule has 0 atom stereocenters. The minimum Gasteiger partial charge on any atom is -0.380 e. The van der Waals surface area contributed by atoms with Crippen molar-refractivity contribution in [2.45, 2.75) is 32.3 Å². The van der Waals surface area contributed by atoms with E-state index in [4.69, 9.17) is 20.9 Å². The predicted octanol–water partition coefficient (Wildman–Crippen LogP) is 4.33. The molecule has 0 aliphatic heterocycles. The summed E-state index contributed by atoms with van der Waals surface area (Å²) in [4.78, 5) is 0. The summed E-state index contributed by atoms with van der Waals surface area (Å²) in [5.74, 6) is 1.48. The van der Waals surface area contributed by atoms with Crippen LogP contribution in [0.3, 0.4) is 0 Å². The summed E-state index contributed by atoms with van der Waals surface area (Å²) in [5, 5.41) is 4.95. The van der Waals surface area contributed by atoms with E-state index < -0.39 is 0 Å². The van der Waals surface area contributed by atoms with Crippen molar-refractivity contribution in [1.82, 2.24) is 5.16 Å². The fourth-order valence-electron chi connectivity index (χ4n) is 2.40. The monoisotopic (exact) mass is 277 g/mol. The Hall–Kier alpha value is -1.32. The van der Waals surface area contributed by atoms with E-state index in [2.05, 4.69) is 5.16 Å². The second-order valence-corrected chi connectivity index (χ2v) is 5.42. The average Bonchev–Trinajstić information content (AvgIpc) is 3.14. The van der Waals surface area contributed by atoms with Crippen molar-refractivity contribution < 1.29 is 9.26 Å². The van der Waals surface area contributed by atoms with Crippen LogP contribution in [0.1, 0.15) is 35.6 Å². The van der Waals surface area contributed by atoms with Crippen LogP contribution in [0.25, 0.3) is 11.3 Å². The fraction of sp³-hybridized carbons (Fsp3) is 0.400. The molecule has 0 saturated heterocycles. The first-order valence-electron chi connectivity index (χ1n) is 6.45. The van der Waals surface area contributed by atoms with Gasteiger partial charge in [-0.1, -0.05) is 28.9 Å². The largest absolute Gasteiger partial charge is 0.380 e. The maximum absolute atomic E-state index is 6.32. The number of benzene rings is 1. The van der Waals surface area contributed by atoms with Crippen LogP contribution in [-0.2, 0) is 11.3 Å². The van der Waals surface area contributed by atoms with Crippen LogP contribution in [0.5, 0.6) is 0 Å².